The molecule has 0 heterocycles. The van der Waals surface area contributed by atoms with Crippen LogP contribution in [-0.2, 0) is 6.42 Å². The Kier molecular flexibility index (Phi) is 4.37. The lowest BCUT2D eigenvalue weighted by atomic mass is 9.87. The topological polar surface area (TPSA) is 38.3 Å². The summed E-state index contributed by atoms with van der Waals surface area (Å²) in [4.78, 5) is 12.6. The minimum absolute atomic E-state index is 0.0103. The summed E-state index contributed by atoms with van der Waals surface area (Å²) >= 11 is 0. The second kappa shape index (κ2) is 6.45. The van der Waals surface area contributed by atoms with E-state index in [9.17, 15) is 4.79 Å². The van der Waals surface area contributed by atoms with Gasteiger partial charge in [0.15, 0.2) is 0 Å². The van der Waals surface area contributed by atoms with E-state index in [0.29, 0.717) is 0 Å². The molecule has 0 fully saturated rings. The first-order valence-electron chi connectivity index (χ1n) is 8.13. The van der Waals surface area contributed by atoms with Crippen molar-refractivity contribution in [3.63, 3.8) is 0 Å². The van der Waals surface area contributed by atoms with Crippen LogP contribution >= 0.6 is 0 Å². The molecule has 3 heteroatoms. The fourth-order valence-electron chi connectivity index (χ4n) is 3.37. The zero-order chi connectivity index (χ0) is 16.4. The Morgan fingerprint density at radius 3 is 2.74 bits per heavy atom. The Morgan fingerprint density at radius 2 is 2.00 bits per heavy atom. The van der Waals surface area contributed by atoms with Gasteiger partial charge in [-0.3, -0.25) is 4.79 Å². The first-order valence-corrected chi connectivity index (χ1v) is 8.13. The van der Waals surface area contributed by atoms with Crippen molar-refractivity contribution in [3.8, 4) is 5.75 Å². The van der Waals surface area contributed by atoms with Crippen LogP contribution in [0.5, 0.6) is 5.75 Å². The molecule has 0 saturated heterocycles. The summed E-state index contributed by atoms with van der Waals surface area (Å²) in [6, 6.07) is 12.2. The summed E-state index contributed by atoms with van der Waals surface area (Å²) in [7, 11) is 1.68. The van der Waals surface area contributed by atoms with Gasteiger partial charge in [0.25, 0.3) is 5.91 Å². The number of carbonyl (C=O) groups is 1. The van der Waals surface area contributed by atoms with Crippen LogP contribution in [0.15, 0.2) is 36.4 Å². The maximum atomic E-state index is 12.6. The number of nitrogens with one attached hydrogen (secondary N) is 1. The van der Waals surface area contributed by atoms with Crippen LogP contribution in [0, 0.1) is 13.8 Å². The fourth-order valence-corrected chi connectivity index (χ4v) is 3.37. The molecule has 1 aliphatic carbocycles. The maximum Gasteiger partial charge on any atom is 0.252 e. The Bertz CT molecular complexity index is 736. The minimum atomic E-state index is 0.0103. The summed E-state index contributed by atoms with van der Waals surface area (Å²) < 4.78 is 5.31. The van der Waals surface area contributed by atoms with Crippen molar-refractivity contribution in [1.29, 1.82) is 0 Å². The summed E-state index contributed by atoms with van der Waals surface area (Å²) in [5.74, 6) is 0.890. The van der Waals surface area contributed by atoms with Gasteiger partial charge < -0.3 is 10.1 Å². The molecule has 120 valence electrons. The van der Waals surface area contributed by atoms with Crippen molar-refractivity contribution in [2.24, 2.45) is 0 Å². The number of rotatable bonds is 3. The highest BCUT2D eigenvalue weighted by Crippen LogP contribution is 2.32. The molecule has 1 amide bonds. The predicted octanol–water partition coefficient (Wildman–Crippen LogP) is 4.12. The van der Waals surface area contributed by atoms with Gasteiger partial charge in [0, 0.05) is 5.56 Å². The molecule has 0 bridgehead atoms. The van der Waals surface area contributed by atoms with Gasteiger partial charge in [-0.25, -0.2) is 0 Å². The van der Waals surface area contributed by atoms with Gasteiger partial charge >= 0.3 is 0 Å². The van der Waals surface area contributed by atoms with E-state index >= 15 is 0 Å². The van der Waals surface area contributed by atoms with Gasteiger partial charge in [0.05, 0.1) is 13.2 Å². The predicted molar refractivity (Wildman–Crippen MR) is 92.1 cm³/mol. The molecular weight excluding hydrogens is 286 g/mol. The largest absolute Gasteiger partial charge is 0.497 e. The van der Waals surface area contributed by atoms with Crippen molar-refractivity contribution >= 4 is 5.91 Å². The lowest BCUT2D eigenvalue weighted by molar-refractivity contribution is 0.0932. The van der Waals surface area contributed by atoms with E-state index in [0.717, 1.165) is 36.1 Å². The van der Waals surface area contributed by atoms with Crippen LogP contribution in [-0.4, -0.2) is 13.0 Å². The molecule has 23 heavy (non-hydrogen) atoms. The van der Waals surface area contributed by atoms with Crippen LogP contribution in [0.3, 0.4) is 0 Å². The highest BCUT2D eigenvalue weighted by Gasteiger charge is 2.23. The molecule has 0 spiro atoms. The standard InChI is InChI=1S/C20H23NO2/c1-13-7-9-17(14(2)11-13)20(22)21-19-6-4-5-15-12-16(23-3)8-10-18(15)19/h7-12,19H,4-6H2,1-3H3,(H,21,22). The molecule has 0 aliphatic heterocycles. The zero-order valence-electron chi connectivity index (χ0n) is 14.0. The van der Waals surface area contributed by atoms with Gasteiger partial charge in [-0.05, 0) is 68.0 Å². The normalized spacial score (nSPS) is 16.6. The number of aryl methyl sites for hydroxylation is 3. The minimum Gasteiger partial charge on any atom is -0.497 e. The molecule has 0 saturated carbocycles. The Hall–Kier alpha value is -2.29. The third-order valence-corrected chi connectivity index (χ3v) is 4.60. The first kappa shape index (κ1) is 15.6. The Labute approximate surface area is 137 Å². The van der Waals surface area contributed by atoms with Gasteiger partial charge in [0.1, 0.15) is 5.75 Å². The second-order valence-electron chi connectivity index (χ2n) is 6.30. The van der Waals surface area contributed by atoms with Crippen LogP contribution in [0.1, 0.15) is 51.5 Å². The number of methoxy groups -OCH3 is 1. The highest BCUT2D eigenvalue weighted by atomic mass is 16.5. The van der Waals surface area contributed by atoms with E-state index in [4.69, 9.17) is 4.74 Å². The average molecular weight is 309 g/mol. The summed E-state index contributed by atoms with van der Waals surface area (Å²) in [5, 5.41) is 3.21. The monoisotopic (exact) mass is 309 g/mol. The fraction of sp³-hybridized carbons (Fsp3) is 0.350. The van der Waals surface area contributed by atoms with Gasteiger partial charge in [-0.15, -0.1) is 0 Å². The molecular formula is C20H23NO2. The second-order valence-corrected chi connectivity index (χ2v) is 6.30. The molecule has 0 aromatic heterocycles. The van der Waals surface area contributed by atoms with Crippen LogP contribution in [0.25, 0.3) is 0 Å². The number of amides is 1. The van der Waals surface area contributed by atoms with E-state index in [1.54, 1.807) is 7.11 Å². The van der Waals surface area contributed by atoms with E-state index in [1.165, 1.54) is 16.7 Å². The quantitative estimate of drug-likeness (QED) is 0.926. The third-order valence-electron chi connectivity index (χ3n) is 4.60. The number of hydrogen-bond donors (Lipinski definition) is 1. The van der Waals surface area contributed by atoms with E-state index in [2.05, 4.69) is 23.5 Å². The Balaban J connectivity index is 1.83. The van der Waals surface area contributed by atoms with Gasteiger partial charge in [-0.2, -0.15) is 0 Å². The molecule has 2 aromatic carbocycles. The number of ether oxygens (including phenoxy) is 1. The molecule has 0 radical (unpaired) electrons. The van der Waals surface area contributed by atoms with Gasteiger partial charge in [0.2, 0.25) is 0 Å². The lowest BCUT2D eigenvalue weighted by Crippen LogP contribution is -2.31. The van der Waals surface area contributed by atoms with Crippen LogP contribution < -0.4 is 10.1 Å². The zero-order valence-corrected chi connectivity index (χ0v) is 14.0. The van der Waals surface area contributed by atoms with Crippen molar-refractivity contribution < 1.29 is 9.53 Å². The van der Waals surface area contributed by atoms with E-state index in [-0.39, 0.29) is 11.9 Å². The SMILES string of the molecule is COc1ccc2c(c1)CCCC2NC(=O)c1ccc(C)cc1C. The van der Waals surface area contributed by atoms with Crippen molar-refractivity contribution in [2.45, 2.75) is 39.2 Å². The van der Waals surface area contributed by atoms with Crippen molar-refractivity contribution in [1.82, 2.24) is 5.32 Å². The summed E-state index contributed by atoms with van der Waals surface area (Å²) in [6.45, 7) is 4.03. The number of benzene rings is 2. The average Bonchev–Trinajstić information content (AvgIpc) is 2.54. The molecule has 3 nitrogen and oxygen atoms in total. The van der Waals surface area contributed by atoms with E-state index < -0.39 is 0 Å². The van der Waals surface area contributed by atoms with Gasteiger partial charge in [-0.1, -0.05) is 23.8 Å². The highest BCUT2D eigenvalue weighted by molar-refractivity contribution is 5.96. The smallest absolute Gasteiger partial charge is 0.252 e. The van der Waals surface area contributed by atoms with Crippen molar-refractivity contribution in [3.05, 3.63) is 64.2 Å². The summed E-state index contributed by atoms with van der Waals surface area (Å²) in [5.41, 5.74) is 5.45. The molecule has 1 atom stereocenters. The Morgan fingerprint density at radius 1 is 1.17 bits per heavy atom. The molecule has 1 N–H and O–H groups in total. The molecule has 2 aromatic rings. The number of fused-ring (bicyclic) bond motifs is 1. The lowest BCUT2D eigenvalue weighted by Gasteiger charge is -2.27. The number of carbonyl (C=O) groups excluding carboxylic acids is 1. The molecule has 1 aliphatic rings. The van der Waals surface area contributed by atoms with Crippen molar-refractivity contribution in [2.75, 3.05) is 7.11 Å². The third kappa shape index (κ3) is 3.24. The van der Waals surface area contributed by atoms with E-state index in [1.807, 2.05) is 32.0 Å². The molecule has 3 rings (SSSR count). The first-order chi connectivity index (χ1) is 11.1. The van der Waals surface area contributed by atoms with Crippen LogP contribution in [0.4, 0.5) is 0 Å². The maximum absolute atomic E-state index is 12.6. The number of hydrogen-bond acceptors (Lipinski definition) is 2. The summed E-state index contributed by atoms with van der Waals surface area (Å²) in [6.07, 6.45) is 3.11. The van der Waals surface area contributed by atoms with Crippen LogP contribution in [0.2, 0.25) is 0 Å². The molecule has 1 unspecified atom stereocenters.